The number of sulfonamides is 1. The first-order valence-electron chi connectivity index (χ1n) is 6.18. The molecule has 1 heterocycles. The fraction of sp³-hybridized carbons (Fsp3) is 1.00. The molecule has 0 saturated carbocycles. The molecule has 19 heavy (non-hydrogen) atoms. The van der Waals surface area contributed by atoms with Gasteiger partial charge in [0.15, 0.2) is 0 Å². The van der Waals surface area contributed by atoms with Crippen LogP contribution in [0, 0.1) is 0 Å². The van der Waals surface area contributed by atoms with E-state index < -0.39 is 19.9 Å². The van der Waals surface area contributed by atoms with Gasteiger partial charge in [-0.25, -0.2) is 21.1 Å². The van der Waals surface area contributed by atoms with Crippen molar-refractivity contribution in [2.24, 2.45) is 0 Å². The summed E-state index contributed by atoms with van der Waals surface area (Å²) in [5.41, 5.74) is 0. The molecular formula is C10H21ClN2O4S2. The smallest absolute Gasteiger partial charge is 0.215 e. The molecule has 0 amide bonds. The molecule has 0 aromatic carbocycles. The van der Waals surface area contributed by atoms with Crippen LogP contribution in [0.4, 0.5) is 0 Å². The standard InChI is InChI=1S/C10H21ClN2O4S2/c1-18(14,15)9-10-19(16,17)13-5-2-4-12(6-3-11)7-8-13/h2-10H2,1H3. The lowest BCUT2D eigenvalue weighted by Gasteiger charge is -2.20. The van der Waals surface area contributed by atoms with E-state index in [0.717, 1.165) is 25.8 Å². The first kappa shape index (κ1) is 17.2. The van der Waals surface area contributed by atoms with Crippen LogP contribution in [0.1, 0.15) is 6.42 Å². The number of halogens is 1. The number of nitrogens with zero attached hydrogens (tertiary/aromatic N) is 2. The van der Waals surface area contributed by atoms with Gasteiger partial charge in [0, 0.05) is 38.3 Å². The third kappa shape index (κ3) is 6.40. The number of alkyl halides is 1. The van der Waals surface area contributed by atoms with Crippen molar-refractivity contribution in [3.05, 3.63) is 0 Å². The summed E-state index contributed by atoms with van der Waals surface area (Å²) in [7, 11) is -6.74. The van der Waals surface area contributed by atoms with E-state index in [0.29, 0.717) is 25.5 Å². The zero-order valence-electron chi connectivity index (χ0n) is 11.1. The maximum absolute atomic E-state index is 12.1. The van der Waals surface area contributed by atoms with Gasteiger partial charge in [0.05, 0.1) is 11.5 Å². The van der Waals surface area contributed by atoms with Crippen LogP contribution in [0.5, 0.6) is 0 Å². The molecule has 0 aromatic heterocycles. The van der Waals surface area contributed by atoms with Crippen molar-refractivity contribution >= 4 is 31.5 Å². The molecule has 0 radical (unpaired) electrons. The first-order chi connectivity index (χ1) is 8.74. The Bertz CT molecular complexity index is 478. The van der Waals surface area contributed by atoms with E-state index in [1.54, 1.807) is 0 Å². The largest absolute Gasteiger partial charge is 0.301 e. The van der Waals surface area contributed by atoms with E-state index in [9.17, 15) is 16.8 Å². The second-order valence-corrected chi connectivity index (χ2v) is 9.46. The summed E-state index contributed by atoms with van der Waals surface area (Å²) in [6.45, 7) is 3.07. The molecular weight excluding hydrogens is 312 g/mol. The number of hydrogen-bond acceptors (Lipinski definition) is 5. The Balaban J connectivity index is 2.59. The highest BCUT2D eigenvalue weighted by Crippen LogP contribution is 2.09. The lowest BCUT2D eigenvalue weighted by atomic mass is 10.4. The third-order valence-corrected chi connectivity index (χ3v) is 6.30. The topological polar surface area (TPSA) is 74.8 Å². The van der Waals surface area contributed by atoms with Crippen molar-refractivity contribution < 1.29 is 16.8 Å². The van der Waals surface area contributed by atoms with Crippen LogP contribution in [-0.4, -0.2) is 82.4 Å². The minimum atomic E-state index is -3.48. The second-order valence-electron chi connectivity index (χ2n) is 4.73. The van der Waals surface area contributed by atoms with Crippen LogP contribution in [0.15, 0.2) is 0 Å². The Kier molecular flexibility index (Phi) is 6.52. The van der Waals surface area contributed by atoms with Crippen molar-refractivity contribution in [3.8, 4) is 0 Å². The molecule has 0 spiro atoms. The van der Waals surface area contributed by atoms with Gasteiger partial charge in [-0.05, 0) is 13.0 Å². The van der Waals surface area contributed by atoms with Gasteiger partial charge in [0.2, 0.25) is 10.0 Å². The second kappa shape index (κ2) is 7.21. The highest BCUT2D eigenvalue weighted by molar-refractivity contribution is 7.93. The minimum Gasteiger partial charge on any atom is -0.301 e. The Morgan fingerprint density at radius 3 is 2.26 bits per heavy atom. The molecule has 0 N–H and O–H groups in total. The third-order valence-electron chi connectivity index (χ3n) is 3.05. The SMILES string of the molecule is CS(=O)(=O)CCS(=O)(=O)N1CCCN(CCCl)CC1. The lowest BCUT2D eigenvalue weighted by Crippen LogP contribution is -2.38. The van der Waals surface area contributed by atoms with E-state index in [4.69, 9.17) is 11.6 Å². The summed E-state index contributed by atoms with van der Waals surface area (Å²) in [6, 6.07) is 0. The van der Waals surface area contributed by atoms with Gasteiger partial charge in [0.1, 0.15) is 9.84 Å². The molecule has 114 valence electrons. The summed E-state index contributed by atoms with van der Waals surface area (Å²) >= 11 is 5.67. The fourth-order valence-electron chi connectivity index (χ4n) is 1.95. The molecule has 6 nitrogen and oxygen atoms in total. The van der Waals surface area contributed by atoms with Gasteiger partial charge in [-0.1, -0.05) is 0 Å². The van der Waals surface area contributed by atoms with Crippen LogP contribution in [0.2, 0.25) is 0 Å². The van der Waals surface area contributed by atoms with E-state index in [1.807, 2.05) is 0 Å². The highest BCUT2D eigenvalue weighted by Gasteiger charge is 2.25. The van der Waals surface area contributed by atoms with Crippen LogP contribution < -0.4 is 0 Å². The van der Waals surface area contributed by atoms with Crippen LogP contribution >= 0.6 is 11.6 Å². The normalized spacial score (nSPS) is 20.3. The van der Waals surface area contributed by atoms with Gasteiger partial charge in [-0.15, -0.1) is 11.6 Å². The predicted octanol–water partition coefficient (Wildman–Crippen LogP) is -0.393. The van der Waals surface area contributed by atoms with Gasteiger partial charge >= 0.3 is 0 Å². The monoisotopic (exact) mass is 332 g/mol. The molecule has 0 aliphatic carbocycles. The highest BCUT2D eigenvalue weighted by atomic mass is 35.5. The van der Waals surface area contributed by atoms with Crippen LogP contribution in [0.3, 0.4) is 0 Å². The van der Waals surface area contributed by atoms with Crippen molar-refractivity contribution in [2.45, 2.75) is 6.42 Å². The Morgan fingerprint density at radius 2 is 1.68 bits per heavy atom. The van der Waals surface area contributed by atoms with Crippen LogP contribution in [0.25, 0.3) is 0 Å². The van der Waals surface area contributed by atoms with E-state index >= 15 is 0 Å². The molecule has 1 rings (SSSR count). The Morgan fingerprint density at radius 1 is 1.00 bits per heavy atom. The maximum Gasteiger partial charge on any atom is 0.215 e. The zero-order chi connectivity index (χ0) is 14.5. The quantitative estimate of drug-likeness (QED) is 0.619. The molecule has 0 atom stereocenters. The molecule has 1 fully saturated rings. The van der Waals surface area contributed by atoms with E-state index in [1.165, 1.54) is 4.31 Å². The van der Waals surface area contributed by atoms with Crippen molar-refractivity contribution in [1.29, 1.82) is 0 Å². The first-order valence-corrected chi connectivity index (χ1v) is 10.4. The summed E-state index contributed by atoms with van der Waals surface area (Å²) < 4.78 is 47.6. The fourth-order valence-corrected chi connectivity index (χ4v) is 5.27. The van der Waals surface area contributed by atoms with Gasteiger partial charge < -0.3 is 4.90 Å². The molecule has 1 saturated heterocycles. The minimum absolute atomic E-state index is 0.322. The molecule has 0 unspecified atom stereocenters. The number of rotatable bonds is 6. The van der Waals surface area contributed by atoms with E-state index in [2.05, 4.69) is 4.90 Å². The van der Waals surface area contributed by atoms with Crippen molar-refractivity contribution in [1.82, 2.24) is 9.21 Å². The molecule has 1 aliphatic rings. The summed E-state index contributed by atoms with van der Waals surface area (Å²) in [6.07, 6.45) is 1.79. The van der Waals surface area contributed by atoms with E-state index in [-0.39, 0.29) is 11.5 Å². The van der Waals surface area contributed by atoms with Gasteiger partial charge in [-0.2, -0.15) is 0 Å². The number of sulfone groups is 1. The van der Waals surface area contributed by atoms with Gasteiger partial charge in [0.25, 0.3) is 0 Å². The van der Waals surface area contributed by atoms with Gasteiger partial charge in [-0.3, -0.25) is 0 Å². The van der Waals surface area contributed by atoms with Crippen molar-refractivity contribution in [2.75, 3.05) is 56.4 Å². The molecule has 0 bridgehead atoms. The molecule has 1 aliphatic heterocycles. The zero-order valence-corrected chi connectivity index (χ0v) is 13.5. The van der Waals surface area contributed by atoms with Crippen molar-refractivity contribution in [3.63, 3.8) is 0 Å². The average Bonchev–Trinajstić information content (AvgIpc) is 2.52. The Labute approximate surface area is 120 Å². The lowest BCUT2D eigenvalue weighted by molar-refractivity contribution is 0.303. The van der Waals surface area contributed by atoms with Crippen LogP contribution in [-0.2, 0) is 19.9 Å². The molecule has 0 aromatic rings. The maximum atomic E-state index is 12.1. The molecule has 9 heteroatoms. The summed E-state index contributed by atoms with van der Waals surface area (Å²) in [5.74, 6) is -0.126. The predicted molar refractivity (Wildman–Crippen MR) is 76.8 cm³/mol. The average molecular weight is 333 g/mol. The summed E-state index contributed by atoms with van der Waals surface area (Å²) in [4.78, 5) is 2.12. The number of hydrogen-bond donors (Lipinski definition) is 0. The Hall–Kier alpha value is 0.110. The summed E-state index contributed by atoms with van der Waals surface area (Å²) in [5, 5.41) is 0.